The molecule has 0 aromatic heterocycles. The van der Waals surface area contributed by atoms with Crippen molar-refractivity contribution in [1.82, 2.24) is 4.31 Å². The third-order valence-electron chi connectivity index (χ3n) is 3.06. The number of benzene rings is 1. The Morgan fingerprint density at radius 3 is 2.38 bits per heavy atom. The summed E-state index contributed by atoms with van der Waals surface area (Å²) < 4.78 is 71.0. The number of rotatable bonds is 3. The van der Waals surface area contributed by atoms with Crippen LogP contribution in [-0.2, 0) is 14.8 Å². The highest BCUT2D eigenvalue weighted by atomic mass is 32.2. The fraction of sp³-hybridized carbons (Fsp3) is 0.500. The summed E-state index contributed by atoms with van der Waals surface area (Å²) in [6, 6.07) is 0.618. The molecule has 0 bridgehead atoms. The molecule has 1 aromatic carbocycles. The highest BCUT2D eigenvalue weighted by Gasteiger charge is 2.37. The Bertz CT molecular complexity index is 614. The molecule has 0 amide bonds. The monoisotopic (exact) mass is 325 g/mol. The van der Waals surface area contributed by atoms with Crippen LogP contribution in [0.2, 0.25) is 0 Å². The second-order valence-electron chi connectivity index (χ2n) is 4.77. The van der Waals surface area contributed by atoms with Gasteiger partial charge in [-0.05, 0) is 6.92 Å². The number of ether oxygens (including phenoxy) is 1. The third kappa shape index (κ3) is 3.20. The van der Waals surface area contributed by atoms with Crippen LogP contribution in [0.15, 0.2) is 17.0 Å². The van der Waals surface area contributed by atoms with E-state index in [9.17, 15) is 21.6 Å². The highest BCUT2D eigenvalue weighted by molar-refractivity contribution is 7.89. The maximum absolute atomic E-state index is 13.7. The lowest BCUT2D eigenvalue weighted by Gasteiger charge is -2.35. The average Bonchev–Trinajstić information content (AvgIpc) is 2.36. The predicted octanol–water partition coefficient (Wildman–Crippen LogP) is 0.874. The van der Waals surface area contributed by atoms with Crippen LogP contribution < -0.4 is 0 Å². The van der Waals surface area contributed by atoms with Gasteiger partial charge in [0.1, 0.15) is 17.5 Å². The van der Waals surface area contributed by atoms with Crippen LogP contribution in [0.3, 0.4) is 0 Å². The van der Waals surface area contributed by atoms with Crippen molar-refractivity contribution in [2.24, 2.45) is 0 Å². The minimum atomic E-state index is -4.49. The number of morpholine rings is 1. The van der Waals surface area contributed by atoms with Gasteiger partial charge in [-0.3, -0.25) is 0 Å². The molecule has 1 saturated heterocycles. The molecule has 0 aliphatic carbocycles. The topological polar surface area (TPSA) is 66.8 Å². The number of sulfonamides is 1. The van der Waals surface area contributed by atoms with Crippen LogP contribution >= 0.6 is 0 Å². The lowest BCUT2D eigenvalue weighted by atomic mass is 10.2. The second kappa shape index (κ2) is 5.91. The minimum absolute atomic E-state index is 0.116. The molecule has 2 rings (SSSR count). The molecule has 1 heterocycles. The number of aliphatic hydroxyl groups excluding tert-OH is 1. The molecule has 0 spiro atoms. The van der Waals surface area contributed by atoms with E-state index in [-0.39, 0.29) is 13.1 Å². The molecule has 0 saturated carbocycles. The zero-order chi connectivity index (χ0) is 15.8. The van der Waals surface area contributed by atoms with E-state index in [2.05, 4.69) is 0 Å². The standard InChI is InChI=1S/C12H14F3NO4S/c1-7-4-16(5-9(6-17)20-7)21(18,19)12-10(14)2-8(13)3-11(12)15/h2-3,7,9,17H,4-6H2,1H3. The molecule has 1 aliphatic rings. The van der Waals surface area contributed by atoms with Gasteiger partial charge in [0.05, 0.1) is 18.8 Å². The molecule has 21 heavy (non-hydrogen) atoms. The summed E-state index contributed by atoms with van der Waals surface area (Å²) in [6.07, 6.45) is -1.33. The summed E-state index contributed by atoms with van der Waals surface area (Å²) in [5.41, 5.74) is 0. The van der Waals surface area contributed by atoms with Crippen molar-refractivity contribution >= 4 is 10.0 Å². The molecule has 1 fully saturated rings. The Kier molecular flexibility index (Phi) is 4.57. The van der Waals surface area contributed by atoms with Crippen molar-refractivity contribution in [1.29, 1.82) is 0 Å². The molecule has 2 unspecified atom stereocenters. The molecule has 1 N–H and O–H groups in total. The van der Waals surface area contributed by atoms with E-state index in [0.29, 0.717) is 12.1 Å². The van der Waals surface area contributed by atoms with E-state index in [1.54, 1.807) is 6.92 Å². The molecule has 5 nitrogen and oxygen atoms in total. The first-order valence-corrected chi connectivity index (χ1v) is 7.60. The van der Waals surface area contributed by atoms with Gasteiger partial charge in [-0.25, -0.2) is 21.6 Å². The van der Waals surface area contributed by atoms with Crippen molar-refractivity contribution in [3.05, 3.63) is 29.6 Å². The Labute approximate surface area is 120 Å². The van der Waals surface area contributed by atoms with Crippen LogP contribution in [0, 0.1) is 17.5 Å². The molecule has 0 radical (unpaired) electrons. The van der Waals surface area contributed by atoms with E-state index in [4.69, 9.17) is 9.84 Å². The first kappa shape index (κ1) is 16.2. The Morgan fingerprint density at radius 2 is 1.86 bits per heavy atom. The number of hydrogen-bond donors (Lipinski definition) is 1. The van der Waals surface area contributed by atoms with Crippen molar-refractivity contribution in [2.75, 3.05) is 19.7 Å². The normalized spacial score (nSPS) is 24.2. The van der Waals surface area contributed by atoms with E-state index in [0.717, 1.165) is 4.31 Å². The fourth-order valence-corrected chi connectivity index (χ4v) is 3.84. The first-order chi connectivity index (χ1) is 9.75. The van der Waals surface area contributed by atoms with Crippen LogP contribution in [0.5, 0.6) is 0 Å². The zero-order valence-electron chi connectivity index (χ0n) is 11.1. The Morgan fingerprint density at radius 1 is 1.29 bits per heavy atom. The van der Waals surface area contributed by atoms with E-state index < -0.39 is 51.2 Å². The van der Waals surface area contributed by atoms with Gasteiger partial charge in [-0.1, -0.05) is 0 Å². The highest BCUT2D eigenvalue weighted by Crippen LogP contribution is 2.26. The summed E-state index contributed by atoms with van der Waals surface area (Å²) in [6.45, 7) is 0.793. The summed E-state index contributed by atoms with van der Waals surface area (Å²) >= 11 is 0. The van der Waals surface area contributed by atoms with Gasteiger partial charge in [0, 0.05) is 25.2 Å². The number of aliphatic hydroxyl groups is 1. The van der Waals surface area contributed by atoms with Gasteiger partial charge in [-0.2, -0.15) is 4.31 Å². The van der Waals surface area contributed by atoms with Gasteiger partial charge in [0.2, 0.25) is 10.0 Å². The van der Waals surface area contributed by atoms with Crippen molar-refractivity contribution < 1.29 is 31.4 Å². The van der Waals surface area contributed by atoms with Gasteiger partial charge < -0.3 is 9.84 Å². The summed E-state index contributed by atoms with van der Waals surface area (Å²) in [5.74, 6) is -4.19. The number of hydrogen-bond acceptors (Lipinski definition) is 4. The lowest BCUT2D eigenvalue weighted by Crippen LogP contribution is -2.50. The van der Waals surface area contributed by atoms with Gasteiger partial charge >= 0.3 is 0 Å². The van der Waals surface area contributed by atoms with Crippen molar-refractivity contribution in [3.8, 4) is 0 Å². The molecule has 9 heteroatoms. The van der Waals surface area contributed by atoms with Crippen molar-refractivity contribution in [3.63, 3.8) is 0 Å². The number of halogens is 3. The maximum Gasteiger partial charge on any atom is 0.249 e. The quantitative estimate of drug-likeness (QED) is 0.896. The van der Waals surface area contributed by atoms with Gasteiger partial charge in [-0.15, -0.1) is 0 Å². The van der Waals surface area contributed by atoms with Crippen molar-refractivity contribution in [2.45, 2.75) is 24.0 Å². The summed E-state index contributed by atoms with van der Waals surface area (Å²) in [4.78, 5) is -1.20. The SMILES string of the molecule is CC1CN(S(=O)(=O)c2c(F)cc(F)cc2F)CC(CO)O1. The van der Waals surface area contributed by atoms with E-state index >= 15 is 0 Å². The van der Waals surface area contributed by atoms with E-state index in [1.165, 1.54) is 0 Å². The maximum atomic E-state index is 13.7. The fourth-order valence-electron chi connectivity index (χ4n) is 2.20. The number of nitrogens with zero attached hydrogens (tertiary/aromatic N) is 1. The van der Waals surface area contributed by atoms with E-state index in [1.807, 2.05) is 0 Å². The van der Waals surface area contributed by atoms with Crippen LogP contribution in [-0.4, -0.2) is 49.7 Å². The largest absolute Gasteiger partial charge is 0.394 e. The van der Waals surface area contributed by atoms with Crippen LogP contribution in [0.25, 0.3) is 0 Å². The molecule has 118 valence electrons. The smallest absolute Gasteiger partial charge is 0.249 e. The van der Waals surface area contributed by atoms with Crippen LogP contribution in [0.4, 0.5) is 13.2 Å². The Balaban J connectivity index is 2.43. The van der Waals surface area contributed by atoms with Gasteiger partial charge in [0.25, 0.3) is 0 Å². The first-order valence-electron chi connectivity index (χ1n) is 6.16. The third-order valence-corrected chi connectivity index (χ3v) is 4.94. The molecule has 1 aromatic rings. The molecule has 1 aliphatic heterocycles. The Hall–Kier alpha value is -1.16. The minimum Gasteiger partial charge on any atom is -0.394 e. The summed E-state index contributed by atoms with van der Waals surface area (Å²) in [7, 11) is -4.49. The second-order valence-corrected chi connectivity index (χ2v) is 6.65. The predicted molar refractivity (Wildman–Crippen MR) is 66.5 cm³/mol. The lowest BCUT2D eigenvalue weighted by molar-refractivity contribution is -0.0751. The van der Waals surface area contributed by atoms with Crippen LogP contribution in [0.1, 0.15) is 6.92 Å². The summed E-state index contributed by atoms with van der Waals surface area (Å²) in [5, 5.41) is 9.06. The average molecular weight is 325 g/mol. The molecule has 2 atom stereocenters. The molecular weight excluding hydrogens is 311 g/mol. The van der Waals surface area contributed by atoms with Gasteiger partial charge in [0.15, 0.2) is 4.90 Å². The zero-order valence-corrected chi connectivity index (χ0v) is 11.9. The molecular formula is C12H14F3NO4S.